The van der Waals surface area contributed by atoms with Crippen LogP contribution in [0.1, 0.15) is 36.1 Å². The second-order valence-electron chi connectivity index (χ2n) is 8.77. The molecule has 0 atom stereocenters. The molecule has 4 rings (SSSR count). The van der Waals surface area contributed by atoms with Gasteiger partial charge in [-0.3, -0.25) is 9.78 Å². The number of allylic oxidation sites excluding steroid dienone is 2. The molecule has 0 unspecified atom stereocenters. The number of nitrogens with zero attached hydrogens (tertiary/aromatic N) is 2. The Morgan fingerprint density at radius 3 is 2.03 bits per heavy atom. The van der Waals surface area contributed by atoms with Crippen LogP contribution in [0.2, 0.25) is 0 Å². The van der Waals surface area contributed by atoms with Gasteiger partial charge in [0.25, 0.3) is 0 Å². The minimum absolute atomic E-state index is 0. The van der Waals surface area contributed by atoms with Crippen LogP contribution in [0.15, 0.2) is 78.7 Å². The fourth-order valence-electron chi connectivity index (χ4n) is 4.07. The Bertz CT molecular complexity index is 1330. The minimum Gasteiger partial charge on any atom is -0.512 e. The Morgan fingerprint density at radius 1 is 0.889 bits per heavy atom. The molecule has 3 aromatic carbocycles. The van der Waals surface area contributed by atoms with E-state index in [0.29, 0.717) is 0 Å². The molecule has 0 saturated carbocycles. The molecule has 0 aliphatic carbocycles. The van der Waals surface area contributed by atoms with Gasteiger partial charge >= 0.3 is 0 Å². The number of benzene rings is 3. The monoisotopic (exact) mass is 656 g/mol. The predicted molar refractivity (Wildman–Crippen MR) is 143 cm³/mol. The summed E-state index contributed by atoms with van der Waals surface area (Å²) < 4.78 is 0. The van der Waals surface area contributed by atoms with Crippen molar-refractivity contribution in [1.82, 2.24) is 9.97 Å². The molecule has 1 heterocycles. The van der Waals surface area contributed by atoms with Gasteiger partial charge in [0, 0.05) is 43.6 Å². The molecule has 1 radical (unpaired) electrons. The number of hydrogen-bond acceptors (Lipinski definition) is 4. The van der Waals surface area contributed by atoms with E-state index in [9.17, 15) is 4.79 Å². The predicted octanol–water partition coefficient (Wildman–Crippen LogP) is 7.55. The molecule has 0 bridgehead atoms. The van der Waals surface area contributed by atoms with E-state index < -0.39 is 0 Å². The van der Waals surface area contributed by atoms with Crippen LogP contribution in [0.5, 0.6) is 0 Å². The van der Waals surface area contributed by atoms with E-state index in [1.54, 1.807) is 0 Å². The van der Waals surface area contributed by atoms with Gasteiger partial charge in [0.05, 0.1) is 17.1 Å². The van der Waals surface area contributed by atoms with Crippen molar-refractivity contribution < 1.29 is 30.0 Å². The smallest absolute Gasteiger partial charge is 0.155 e. The Labute approximate surface area is 227 Å². The molecular weight excluding hydrogens is 625 g/mol. The molecule has 4 nitrogen and oxygen atoms in total. The maximum atomic E-state index is 10.0. The maximum absolute atomic E-state index is 10.0. The van der Waals surface area contributed by atoms with E-state index in [2.05, 4.69) is 70.2 Å². The van der Waals surface area contributed by atoms with Crippen LogP contribution >= 0.6 is 0 Å². The van der Waals surface area contributed by atoms with Crippen molar-refractivity contribution in [2.45, 2.75) is 41.5 Å². The van der Waals surface area contributed by atoms with Gasteiger partial charge in [-0.2, -0.15) is 0 Å². The summed E-state index contributed by atoms with van der Waals surface area (Å²) in [5.41, 5.74) is 10.7. The SMILES string of the molecule is CC(=O)/C=C(/C)O.Cc1cc(C)cc(-c2nc(-c3c(C)cccc3C)cnc2-c2[c-]cccc2)c1.[Ir]. The van der Waals surface area contributed by atoms with Crippen LogP contribution in [0.4, 0.5) is 0 Å². The number of aromatic nitrogens is 2. The molecule has 0 aliphatic rings. The molecule has 0 amide bonds. The Morgan fingerprint density at radius 2 is 1.53 bits per heavy atom. The zero-order valence-electron chi connectivity index (χ0n) is 21.5. The van der Waals surface area contributed by atoms with E-state index >= 15 is 0 Å². The first-order chi connectivity index (χ1) is 16.7. The third-order valence-corrected chi connectivity index (χ3v) is 5.38. The van der Waals surface area contributed by atoms with Crippen molar-refractivity contribution in [2.75, 3.05) is 0 Å². The average molecular weight is 656 g/mol. The second-order valence-corrected chi connectivity index (χ2v) is 8.77. The van der Waals surface area contributed by atoms with Crippen LogP contribution in [0.25, 0.3) is 33.8 Å². The Balaban J connectivity index is 0.000000503. The Hall–Kier alpha value is -3.40. The third kappa shape index (κ3) is 7.55. The summed E-state index contributed by atoms with van der Waals surface area (Å²) in [6.45, 7) is 11.3. The molecule has 1 aromatic heterocycles. The largest absolute Gasteiger partial charge is 0.512 e. The van der Waals surface area contributed by atoms with Crippen LogP contribution in [0.3, 0.4) is 0 Å². The van der Waals surface area contributed by atoms with Gasteiger partial charge in [-0.25, -0.2) is 0 Å². The summed E-state index contributed by atoms with van der Waals surface area (Å²) >= 11 is 0. The number of hydrogen-bond donors (Lipinski definition) is 1. The first-order valence-electron chi connectivity index (χ1n) is 11.5. The summed E-state index contributed by atoms with van der Waals surface area (Å²) in [6.07, 6.45) is 3.05. The van der Waals surface area contributed by atoms with Crippen LogP contribution in [-0.4, -0.2) is 20.9 Å². The van der Waals surface area contributed by atoms with Crippen molar-refractivity contribution in [3.63, 3.8) is 0 Å². The molecule has 0 aliphatic heterocycles. The van der Waals surface area contributed by atoms with Crippen molar-refractivity contribution in [3.05, 3.63) is 107 Å². The zero-order chi connectivity index (χ0) is 25.5. The molecule has 5 heteroatoms. The van der Waals surface area contributed by atoms with E-state index in [0.717, 1.165) is 33.8 Å². The van der Waals surface area contributed by atoms with Gasteiger partial charge in [0.1, 0.15) is 0 Å². The standard InChI is InChI=1S/C26H23N2.C5H8O2.Ir/c1-17-13-18(2)15-22(14-17)26-25(21-11-6-5-7-12-21)27-16-23(28-26)24-19(3)9-8-10-20(24)4;1-4(6)3-5(2)7;/h5-11,13-16H,1-4H3;3,6H,1-2H3;/q-1;;/b;4-3-;. The summed E-state index contributed by atoms with van der Waals surface area (Å²) in [6, 6.07) is 24.1. The zero-order valence-corrected chi connectivity index (χ0v) is 23.9. The Kier molecular flexibility index (Phi) is 10.5. The number of carbonyl (C=O) groups excluding carboxylic acids is 1. The number of carbonyl (C=O) groups is 1. The van der Waals surface area contributed by atoms with Gasteiger partial charge in [-0.05, 0) is 58.2 Å². The van der Waals surface area contributed by atoms with Gasteiger partial charge in [0.2, 0.25) is 0 Å². The first kappa shape index (κ1) is 28.8. The van der Waals surface area contributed by atoms with E-state index in [1.807, 2.05) is 30.5 Å². The molecule has 187 valence electrons. The normalized spacial score (nSPS) is 10.7. The quantitative estimate of drug-likeness (QED) is 0.140. The third-order valence-electron chi connectivity index (χ3n) is 5.38. The number of aliphatic hydroxyl groups is 1. The van der Waals surface area contributed by atoms with Gasteiger partial charge < -0.3 is 10.1 Å². The molecular formula is C31H31IrN2O2-. The van der Waals surface area contributed by atoms with Crippen molar-refractivity contribution in [2.24, 2.45) is 0 Å². The van der Waals surface area contributed by atoms with E-state index in [4.69, 9.17) is 15.1 Å². The second kappa shape index (κ2) is 13.1. The topological polar surface area (TPSA) is 63.1 Å². The summed E-state index contributed by atoms with van der Waals surface area (Å²) in [5.74, 6) is -0.0625. The van der Waals surface area contributed by atoms with Crippen molar-refractivity contribution in [3.8, 4) is 33.8 Å². The van der Waals surface area contributed by atoms with Gasteiger partial charge in [-0.1, -0.05) is 47.5 Å². The number of ketones is 1. The molecule has 0 saturated heterocycles. The molecule has 36 heavy (non-hydrogen) atoms. The molecule has 0 fully saturated rings. The molecule has 0 spiro atoms. The minimum atomic E-state index is -0.125. The van der Waals surface area contributed by atoms with E-state index in [-0.39, 0.29) is 31.6 Å². The van der Waals surface area contributed by atoms with Crippen molar-refractivity contribution >= 4 is 5.78 Å². The van der Waals surface area contributed by atoms with Gasteiger partial charge in [-0.15, -0.1) is 35.9 Å². The number of aryl methyl sites for hydroxylation is 4. The van der Waals surface area contributed by atoms with Gasteiger partial charge in [0.15, 0.2) is 5.78 Å². The summed E-state index contributed by atoms with van der Waals surface area (Å²) in [5, 5.41) is 8.36. The number of rotatable bonds is 4. The fraction of sp³-hybridized carbons (Fsp3) is 0.194. The average Bonchev–Trinajstić information content (AvgIpc) is 2.78. The van der Waals surface area contributed by atoms with Crippen molar-refractivity contribution in [1.29, 1.82) is 0 Å². The molecule has 4 aromatic rings. The summed E-state index contributed by atoms with van der Waals surface area (Å²) in [4.78, 5) is 20.0. The maximum Gasteiger partial charge on any atom is 0.155 e. The van der Waals surface area contributed by atoms with Crippen LogP contribution < -0.4 is 0 Å². The number of aliphatic hydroxyl groups excluding tert-OH is 1. The van der Waals surface area contributed by atoms with E-state index in [1.165, 1.54) is 42.2 Å². The first-order valence-corrected chi connectivity index (χ1v) is 11.5. The van der Waals surface area contributed by atoms with Crippen LogP contribution in [-0.2, 0) is 24.9 Å². The summed E-state index contributed by atoms with van der Waals surface area (Å²) in [7, 11) is 0. The van der Waals surface area contributed by atoms with Crippen LogP contribution in [0, 0.1) is 33.8 Å². The fourth-order valence-corrected chi connectivity index (χ4v) is 4.07. The molecule has 1 N–H and O–H groups in total.